The van der Waals surface area contributed by atoms with Gasteiger partial charge in [0.1, 0.15) is 5.82 Å². The van der Waals surface area contributed by atoms with Gasteiger partial charge >= 0.3 is 0 Å². The zero-order valence-corrected chi connectivity index (χ0v) is 12.5. The minimum atomic E-state index is -0.126. The predicted molar refractivity (Wildman–Crippen MR) is 80.8 cm³/mol. The summed E-state index contributed by atoms with van der Waals surface area (Å²) in [7, 11) is 1.92. The number of likely N-dealkylation sites (N-methyl/N-ethyl adjacent to an activating group) is 1. The van der Waals surface area contributed by atoms with Crippen LogP contribution in [-0.2, 0) is 12.8 Å². The third-order valence-corrected chi connectivity index (χ3v) is 3.76. The molecular formula is C16H17BrFN. The largest absolute Gasteiger partial charge is 0.316 e. The van der Waals surface area contributed by atoms with Crippen molar-refractivity contribution in [2.24, 2.45) is 0 Å². The fourth-order valence-electron chi connectivity index (χ4n) is 2.11. The molecule has 2 rings (SSSR count). The zero-order valence-electron chi connectivity index (χ0n) is 10.9. The first-order valence-electron chi connectivity index (χ1n) is 6.34. The lowest BCUT2D eigenvalue weighted by atomic mass is 9.99. The second-order valence-electron chi connectivity index (χ2n) is 4.61. The molecule has 0 aromatic heterocycles. The van der Waals surface area contributed by atoms with Crippen LogP contribution < -0.4 is 5.32 Å². The molecule has 1 unspecified atom stereocenters. The maximum atomic E-state index is 13.6. The third kappa shape index (κ3) is 4.15. The Hall–Kier alpha value is -1.19. The SMILES string of the molecule is CNC(Cc1ccc(Br)cc1)Cc1ccccc1F. The molecule has 0 aliphatic heterocycles. The molecule has 0 fully saturated rings. The molecule has 0 saturated heterocycles. The van der Waals surface area contributed by atoms with E-state index in [1.807, 2.05) is 31.3 Å². The Balaban J connectivity index is 2.05. The average molecular weight is 322 g/mol. The molecule has 0 bridgehead atoms. The van der Waals surface area contributed by atoms with Crippen LogP contribution in [0.5, 0.6) is 0 Å². The fraction of sp³-hybridized carbons (Fsp3) is 0.250. The summed E-state index contributed by atoms with van der Waals surface area (Å²) in [5.74, 6) is -0.126. The number of hydrogen-bond donors (Lipinski definition) is 1. The van der Waals surface area contributed by atoms with Crippen LogP contribution in [0.4, 0.5) is 4.39 Å². The minimum absolute atomic E-state index is 0.126. The van der Waals surface area contributed by atoms with Crippen LogP contribution in [0.3, 0.4) is 0 Å². The molecule has 0 radical (unpaired) electrons. The van der Waals surface area contributed by atoms with Gasteiger partial charge in [-0.15, -0.1) is 0 Å². The van der Waals surface area contributed by atoms with Crippen molar-refractivity contribution < 1.29 is 4.39 Å². The van der Waals surface area contributed by atoms with Crippen molar-refractivity contribution in [1.82, 2.24) is 5.32 Å². The maximum Gasteiger partial charge on any atom is 0.126 e. The lowest BCUT2D eigenvalue weighted by Gasteiger charge is -2.17. The van der Waals surface area contributed by atoms with Gasteiger partial charge in [-0.05, 0) is 49.2 Å². The monoisotopic (exact) mass is 321 g/mol. The Morgan fingerprint density at radius 1 is 1.05 bits per heavy atom. The fourth-order valence-corrected chi connectivity index (χ4v) is 2.38. The van der Waals surface area contributed by atoms with E-state index in [2.05, 4.69) is 33.4 Å². The van der Waals surface area contributed by atoms with Gasteiger partial charge in [-0.25, -0.2) is 4.39 Å². The smallest absolute Gasteiger partial charge is 0.126 e. The Bertz CT molecular complexity index is 525. The number of benzene rings is 2. The van der Waals surface area contributed by atoms with Crippen molar-refractivity contribution in [3.05, 3.63) is 69.9 Å². The molecule has 1 nitrogen and oxygen atoms in total. The lowest BCUT2D eigenvalue weighted by molar-refractivity contribution is 0.532. The van der Waals surface area contributed by atoms with E-state index in [0.717, 1.165) is 16.5 Å². The van der Waals surface area contributed by atoms with Gasteiger partial charge in [0.25, 0.3) is 0 Å². The van der Waals surface area contributed by atoms with Gasteiger partial charge in [0.05, 0.1) is 0 Å². The van der Waals surface area contributed by atoms with Crippen LogP contribution in [0, 0.1) is 5.82 Å². The van der Waals surface area contributed by atoms with Crippen molar-refractivity contribution in [2.75, 3.05) is 7.05 Å². The van der Waals surface area contributed by atoms with Crippen molar-refractivity contribution in [2.45, 2.75) is 18.9 Å². The van der Waals surface area contributed by atoms with E-state index in [1.165, 1.54) is 11.6 Å². The highest BCUT2D eigenvalue weighted by molar-refractivity contribution is 9.10. The van der Waals surface area contributed by atoms with Gasteiger partial charge in [0.15, 0.2) is 0 Å². The first-order chi connectivity index (χ1) is 9.19. The molecule has 2 aromatic rings. The predicted octanol–water partition coefficient (Wildman–Crippen LogP) is 3.96. The van der Waals surface area contributed by atoms with Crippen molar-refractivity contribution in [3.63, 3.8) is 0 Å². The number of halogens is 2. The van der Waals surface area contributed by atoms with E-state index in [-0.39, 0.29) is 11.9 Å². The summed E-state index contributed by atoms with van der Waals surface area (Å²) >= 11 is 3.43. The first kappa shape index (κ1) is 14.2. The summed E-state index contributed by atoms with van der Waals surface area (Å²) in [4.78, 5) is 0. The molecule has 0 amide bonds. The standard InChI is InChI=1S/C16H17BrFN/c1-19-15(10-12-6-8-14(17)9-7-12)11-13-4-2-3-5-16(13)18/h2-9,15,19H,10-11H2,1H3. The van der Waals surface area contributed by atoms with E-state index >= 15 is 0 Å². The highest BCUT2D eigenvalue weighted by Crippen LogP contribution is 2.15. The van der Waals surface area contributed by atoms with Gasteiger partial charge in [-0.2, -0.15) is 0 Å². The highest BCUT2D eigenvalue weighted by atomic mass is 79.9. The van der Waals surface area contributed by atoms with Gasteiger partial charge in [0.2, 0.25) is 0 Å². The van der Waals surface area contributed by atoms with Crippen molar-refractivity contribution >= 4 is 15.9 Å². The second kappa shape index (κ2) is 6.83. The molecule has 0 aliphatic carbocycles. The Labute approximate surface area is 122 Å². The molecule has 0 heterocycles. The number of hydrogen-bond acceptors (Lipinski definition) is 1. The minimum Gasteiger partial charge on any atom is -0.316 e. The first-order valence-corrected chi connectivity index (χ1v) is 7.13. The molecule has 0 aliphatic rings. The lowest BCUT2D eigenvalue weighted by Crippen LogP contribution is -2.30. The van der Waals surface area contributed by atoms with Crippen LogP contribution in [-0.4, -0.2) is 13.1 Å². The van der Waals surface area contributed by atoms with Crippen LogP contribution in [0.25, 0.3) is 0 Å². The normalized spacial score (nSPS) is 12.4. The van der Waals surface area contributed by atoms with Crippen molar-refractivity contribution in [3.8, 4) is 0 Å². The van der Waals surface area contributed by atoms with Crippen LogP contribution in [0.2, 0.25) is 0 Å². The molecule has 1 atom stereocenters. The van der Waals surface area contributed by atoms with Crippen LogP contribution in [0.15, 0.2) is 53.0 Å². The van der Waals surface area contributed by atoms with E-state index in [0.29, 0.717) is 6.42 Å². The molecule has 2 aromatic carbocycles. The van der Waals surface area contributed by atoms with E-state index in [9.17, 15) is 4.39 Å². The molecule has 100 valence electrons. The van der Waals surface area contributed by atoms with Crippen LogP contribution >= 0.6 is 15.9 Å². The molecule has 0 saturated carbocycles. The van der Waals surface area contributed by atoms with Gasteiger partial charge in [0, 0.05) is 10.5 Å². The number of nitrogens with one attached hydrogen (secondary N) is 1. The van der Waals surface area contributed by atoms with Gasteiger partial charge in [-0.1, -0.05) is 46.3 Å². The maximum absolute atomic E-state index is 13.6. The number of rotatable bonds is 5. The average Bonchev–Trinajstić information content (AvgIpc) is 2.43. The summed E-state index contributed by atoms with van der Waals surface area (Å²) in [6, 6.07) is 15.5. The quantitative estimate of drug-likeness (QED) is 0.878. The summed E-state index contributed by atoms with van der Waals surface area (Å²) in [5.41, 5.74) is 2.01. The van der Waals surface area contributed by atoms with E-state index in [4.69, 9.17) is 0 Å². The third-order valence-electron chi connectivity index (χ3n) is 3.23. The Kier molecular flexibility index (Phi) is 5.11. The molecule has 3 heteroatoms. The van der Waals surface area contributed by atoms with Gasteiger partial charge < -0.3 is 5.32 Å². The molecule has 0 spiro atoms. The molecule has 19 heavy (non-hydrogen) atoms. The molecular weight excluding hydrogens is 305 g/mol. The summed E-state index contributed by atoms with van der Waals surface area (Å²) in [6.07, 6.45) is 1.58. The van der Waals surface area contributed by atoms with Gasteiger partial charge in [-0.3, -0.25) is 0 Å². The van der Waals surface area contributed by atoms with Crippen LogP contribution in [0.1, 0.15) is 11.1 Å². The van der Waals surface area contributed by atoms with Crippen molar-refractivity contribution in [1.29, 1.82) is 0 Å². The van der Waals surface area contributed by atoms with E-state index < -0.39 is 0 Å². The summed E-state index contributed by atoms with van der Waals surface area (Å²) in [5, 5.41) is 3.26. The topological polar surface area (TPSA) is 12.0 Å². The summed E-state index contributed by atoms with van der Waals surface area (Å²) < 4.78 is 14.7. The Morgan fingerprint density at radius 2 is 1.74 bits per heavy atom. The summed E-state index contributed by atoms with van der Waals surface area (Å²) in [6.45, 7) is 0. The second-order valence-corrected chi connectivity index (χ2v) is 5.53. The van der Waals surface area contributed by atoms with E-state index in [1.54, 1.807) is 6.07 Å². The Morgan fingerprint density at radius 3 is 2.37 bits per heavy atom. The highest BCUT2D eigenvalue weighted by Gasteiger charge is 2.11. The molecule has 1 N–H and O–H groups in total. The zero-order chi connectivity index (χ0) is 13.7.